The first-order chi connectivity index (χ1) is 18.1. The maximum absolute atomic E-state index is 14.5. The summed E-state index contributed by atoms with van der Waals surface area (Å²) in [5.74, 6) is 0.173. The van der Waals surface area contributed by atoms with Crippen LogP contribution in [-0.4, -0.2) is 32.3 Å². The molecule has 0 radical (unpaired) electrons. The number of hydrogen-bond donors (Lipinski definition) is 0. The Labute approximate surface area is 242 Å². The normalized spacial score (nSPS) is 11.8. The van der Waals surface area contributed by atoms with Crippen molar-refractivity contribution < 1.29 is 9.18 Å². The van der Waals surface area contributed by atoms with Crippen LogP contribution in [0.15, 0.2) is 121 Å². The Morgan fingerprint density at radius 3 is 1.64 bits per heavy atom. The van der Waals surface area contributed by atoms with Crippen LogP contribution in [0.2, 0.25) is 0 Å². The van der Waals surface area contributed by atoms with E-state index in [0.717, 1.165) is 42.3 Å². The SMILES string of the molecule is C=C(/C=C\C(=C)C(=C)/C(F)=C\C(=C)C(=C)/C=C\C(=C)/C(C)=C/CC(C)CC)CC.CC=O.CCC.CN(C)C. The van der Waals surface area contributed by atoms with Gasteiger partial charge in [0.25, 0.3) is 0 Å². The van der Waals surface area contributed by atoms with E-state index in [0.29, 0.717) is 22.6 Å². The first-order valence-electron chi connectivity index (χ1n) is 13.6. The predicted molar refractivity (Wildman–Crippen MR) is 178 cm³/mol. The molecule has 1 atom stereocenters. The Bertz CT molecular complexity index is 904. The third-order valence-electron chi connectivity index (χ3n) is 4.88. The highest BCUT2D eigenvalue weighted by atomic mass is 19.1. The van der Waals surface area contributed by atoms with Crippen LogP contribution in [0.4, 0.5) is 4.39 Å². The van der Waals surface area contributed by atoms with Gasteiger partial charge in [-0.25, -0.2) is 4.39 Å². The molecule has 0 spiro atoms. The van der Waals surface area contributed by atoms with Crippen LogP contribution in [0.1, 0.15) is 74.1 Å². The highest BCUT2D eigenvalue weighted by Crippen LogP contribution is 2.23. The molecule has 1 unspecified atom stereocenters. The average molecular weight is 540 g/mol. The molecular formula is C36H58FNO. The number of aldehydes is 1. The summed E-state index contributed by atoms with van der Waals surface area (Å²) in [5.41, 5.74) is 4.79. The van der Waals surface area contributed by atoms with Gasteiger partial charge in [0.1, 0.15) is 12.1 Å². The lowest BCUT2D eigenvalue weighted by Gasteiger charge is -2.07. The van der Waals surface area contributed by atoms with Gasteiger partial charge in [-0.1, -0.05) is 123 Å². The molecule has 0 aliphatic heterocycles. The molecule has 0 aromatic carbocycles. The molecular weight excluding hydrogens is 481 g/mol. The summed E-state index contributed by atoms with van der Waals surface area (Å²) in [5, 5.41) is 0. The van der Waals surface area contributed by atoms with E-state index in [9.17, 15) is 4.39 Å². The third kappa shape index (κ3) is 29.4. The maximum atomic E-state index is 14.5. The monoisotopic (exact) mass is 539 g/mol. The van der Waals surface area contributed by atoms with Gasteiger partial charge >= 0.3 is 0 Å². The van der Waals surface area contributed by atoms with E-state index in [1.54, 1.807) is 12.2 Å². The van der Waals surface area contributed by atoms with Crippen molar-refractivity contribution in [2.24, 2.45) is 5.92 Å². The van der Waals surface area contributed by atoms with Gasteiger partial charge < -0.3 is 9.69 Å². The second-order valence-corrected chi connectivity index (χ2v) is 9.67. The van der Waals surface area contributed by atoms with Crippen LogP contribution >= 0.6 is 0 Å². The van der Waals surface area contributed by atoms with Crippen molar-refractivity contribution in [1.82, 2.24) is 4.90 Å². The van der Waals surface area contributed by atoms with Crippen LogP contribution in [0.25, 0.3) is 0 Å². The molecule has 0 rings (SSSR count). The molecule has 39 heavy (non-hydrogen) atoms. The summed E-state index contributed by atoms with van der Waals surface area (Å²) < 4.78 is 14.5. The summed E-state index contributed by atoms with van der Waals surface area (Å²) >= 11 is 0. The smallest absolute Gasteiger partial charge is 0.131 e. The van der Waals surface area contributed by atoms with Crippen molar-refractivity contribution in [3.05, 3.63) is 121 Å². The van der Waals surface area contributed by atoms with E-state index in [-0.39, 0.29) is 5.57 Å². The van der Waals surface area contributed by atoms with E-state index in [1.165, 1.54) is 19.4 Å². The van der Waals surface area contributed by atoms with Crippen molar-refractivity contribution in [2.75, 3.05) is 21.1 Å². The quantitative estimate of drug-likeness (QED) is 0.171. The van der Waals surface area contributed by atoms with Gasteiger partial charge in [-0.15, -0.1) is 0 Å². The number of allylic oxidation sites excluding steroid dienone is 14. The number of halogens is 1. The molecule has 0 fully saturated rings. The molecule has 2 nitrogen and oxygen atoms in total. The first-order valence-corrected chi connectivity index (χ1v) is 13.6. The number of nitrogens with zero attached hydrogens (tertiary/aromatic N) is 1. The number of hydrogen-bond acceptors (Lipinski definition) is 2. The van der Waals surface area contributed by atoms with Crippen LogP contribution in [0, 0.1) is 5.92 Å². The lowest BCUT2D eigenvalue weighted by molar-refractivity contribution is -0.106. The molecule has 0 heterocycles. The van der Waals surface area contributed by atoms with Crippen molar-refractivity contribution in [1.29, 1.82) is 0 Å². The lowest BCUT2D eigenvalue weighted by atomic mass is 9.99. The molecule has 0 aliphatic carbocycles. The van der Waals surface area contributed by atoms with E-state index in [1.807, 2.05) is 52.0 Å². The van der Waals surface area contributed by atoms with Crippen LogP contribution in [0.3, 0.4) is 0 Å². The van der Waals surface area contributed by atoms with Gasteiger partial charge in [-0.05, 0) is 87.7 Å². The molecule has 0 aromatic rings. The molecule has 0 saturated heterocycles. The zero-order valence-corrected chi connectivity index (χ0v) is 26.9. The highest BCUT2D eigenvalue weighted by molar-refractivity contribution is 5.53. The standard InChI is InChI=1S/C28H37F.C3H9N.C3H8.C2H4O/c1-11-20(3)13-15-22(5)23(6)17-18-24(7)26(9)19-28(29)27(10)25(8)16-14-21(4)12-2;1-4(2)3;1-3-2;1-2-3/h14-20H,4,6-13H2,1-3,5H3;1-3H3;3H2,1-2H3;2H,1H3/b16-14-,18-17-,22-15+,28-19+;;;. The Hall–Kier alpha value is -3.04. The van der Waals surface area contributed by atoms with Crippen LogP contribution in [-0.2, 0) is 4.79 Å². The van der Waals surface area contributed by atoms with Gasteiger partial charge in [-0.2, -0.15) is 0 Å². The summed E-state index contributed by atoms with van der Waals surface area (Å²) in [6.45, 7) is 37.6. The number of carbonyl (C=O) groups excluding carboxylic acids is 1. The summed E-state index contributed by atoms with van der Waals surface area (Å²) in [7, 11) is 6.00. The van der Waals surface area contributed by atoms with E-state index >= 15 is 0 Å². The average Bonchev–Trinajstić information content (AvgIpc) is 2.87. The first kappa shape index (κ1) is 43.0. The topological polar surface area (TPSA) is 20.3 Å². The van der Waals surface area contributed by atoms with Gasteiger partial charge in [0.05, 0.1) is 0 Å². The fourth-order valence-electron chi connectivity index (χ4n) is 2.04. The summed E-state index contributed by atoms with van der Waals surface area (Å²) in [6.07, 6.45) is 15.8. The Kier molecular flexibility index (Phi) is 30.9. The third-order valence-corrected chi connectivity index (χ3v) is 4.88. The molecule has 0 aromatic heterocycles. The van der Waals surface area contributed by atoms with E-state index in [2.05, 4.69) is 73.2 Å². The zero-order chi connectivity index (χ0) is 31.6. The van der Waals surface area contributed by atoms with E-state index < -0.39 is 5.83 Å². The molecule has 0 saturated carbocycles. The van der Waals surface area contributed by atoms with Crippen LogP contribution < -0.4 is 0 Å². The largest absolute Gasteiger partial charge is 0.312 e. The van der Waals surface area contributed by atoms with Gasteiger partial charge in [0, 0.05) is 5.57 Å². The zero-order valence-electron chi connectivity index (χ0n) is 26.9. The van der Waals surface area contributed by atoms with Gasteiger partial charge in [0.2, 0.25) is 0 Å². The van der Waals surface area contributed by atoms with Crippen molar-refractivity contribution in [2.45, 2.75) is 74.1 Å². The fraction of sp³-hybridized carbons (Fsp3) is 0.417. The molecule has 220 valence electrons. The minimum atomic E-state index is -0.482. The van der Waals surface area contributed by atoms with Crippen LogP contribution in [0.5, 0.6) is 0 Å². The van der Waals surface area contributed by atoms with Crippen molar-refractivity contribution in [3.63, 3.8) is 0 Å². The summed E-state index contributed by atoms with van der Waals surface area (Å²) in [6, 6.07) is 0. The highest BCUT2D eigenvalue weighted by Gasteiger charge is 2.06. The van der Waals surface area contributed by atoms with Gasteiger partial charge in [0.15, 0.2) is 0 Å². The lowest BCUT2D eigenvalue weighted by Crippen LogP contribution is -1.99. The second kappa shape index (κ2) is 28.0. The van der Waals surface area contributed by atoms with Crippen molar-refractivity contribution >= 4 is 6.29 Å². The Balaban J connectivity index is -0.000000524. The molecule has 3 heteroatoms. The fourth-order valence-corrected chi connectivity index (χ4v) is 2.04. The Morgan fingerprint density at radius 2 is 1.23 bits per heavy atom. The minimum absolute atomic E-state index is 0.219. The van der Waals surface area contributed by atoms with Gasteiger partial charge in [-0.3, -0.25) is 0 Å². The molecule has 0 N–H and O–H groups in total. The predicted octanol–water partition coefficient (Wildman–Crippen LogP) is 10.9. The molecule has 0 aliphatic rings. The molecule has 0 amide bonds. The number of carbonyl (C=O) groups is 1. The molecule has 0 bridgehead atoms. The second-order valence-electron chi connectivity index (χ2n) is 9.67. The Morgan fingerprint density at radius 1 is 0.821 bits per heavy atom. The minimum Gasteiger partial charge on any atom is -0.312 e. The van der Waals surface area contributed by atoms with Crippen molar-refractivity contribution in [3.8, 4) is 0 Å². The number of rotatable bonds is 13. The maximum Gasteiger partial charge on any atom is 0.131 e. The van der Waals surface area contributed by atoms with E-state index in [4.69, 9.17) is 4.79 Å². The summed E-state index contributed by atoms with van der Waals surface area (Å²) in [4.78, 5) is 10.8.